The molecule has 0 aliphatic carbocycles. The van der Waals surface area contributed by atoms with E-state index < -0.39 is 10.0 Å². The van der Waals surface area contributed by atoms with Crippen molar-refractivity contribution in [2.24, 2.45) is 7.05 Å². The number of anilines is 1. The van der Waals surface area contributed by atoms with Gasteiger partial charge in [-0.1, -0.05) is 11.6 Å². The van der Waals surface area contributed by atoms with Gasteiger partial charge in [0.05, 0.1) is 23.4 Å². The number of rotatable bonds is 5. The van der Waals surface area contributed by atoms with Crippen LogP contribution in [0.25, 0.3) is 11.5 Å². The van der Waals surface area contributed by atoms with Crippen LogP contribution in [0.3, 0.4) is 0 Å². The Kier molecular flexibility index (Phi) is 4.92. The normalized spacial score (nSPS) is 11.6. The van der Waals surface area contributed by atoms with Gasteiger partial charge in [0.25, 0.3) is 15.9 Å². The van der Waals surface area contributed by atoms with Gasteiger partial charge in [-0.15, -0.1) is 10.2 Å². The Morgan fingerprint density at radius 1 is 1.19 bits per heavy atom. The van der Waals surface area contributed by atoms with Crippen LogP contribution in [0.2, 0.25) is 5.02 Å². The molecule has 144 valence electrons. The summed E-state index contributed by atoms with van der Waals surface area (Å²) in [5.74, 6) is 0.958. The van der Waals surface area contributed by atoms with Gasteiger partial charge in [0.1, 0.15) is 10.6 Å². The predicted octanol–water partition coefficient (Wildman–Crippen LogP) is 3.46. The third-order valence-electron chi connectivity index (χ3n) is 4.34. The maximum absolute atomic E-state index is 13.2. The summed E-state index contributed by atoms with van der Waals surface area (Å²) in [6.07, 6.45) is 0. The van der Waals surface area contributed by atoms with Crippen molar-refractivity contribution in [3.63, 3.8) is 0 Å². The number of aryl methyl sites for hydroxylation is 1. The zero-order chi connectivity index (χ0) is 19.9. The number of aromatic nitrogens is 3. The van der Waals surface area contributed by atoms with E-state index >= 15 is 0 Å². The fourth-order valence-electron chi connectivity index (χ4n) is 2.83. The third-order valence-corrected chi connectivity index (χ3v) is 6.17. The molecule has 0 amide bonds. The highest BCUT2D eigenvalue weighted by Crippen LogP contribution is 2.36. The van der Waals surface area contributed by atoms with Crippen molar-refractivity contribution >= 4 is 27.3 Å². The van der Waals surface area contributed by atoms with Crippen molar-refractivity contribution < 1.29 is 17.6 Å². The maximum atomic E-state index is 13.2. The molecule has 1 N–H and O–H groups in total. The lowest BCUT2D eigenvalue weighted by atomic mass is 10.2. The SMILES string of the molecule is COc1ccc(NS(=O)(=O)c2c(-c3nnc(C)o3)c(C)n(C)c2C)cc1Cl. The first-order valence-corrected chi connectivity index (χ1v) is 9.84. The first kappa shape index (κ1) is 19.2. The van der Waals surface area contributed by atoms with E-state index in [1.54, 1.807) is 44.5 Å². The van der Waals surface area contributed by atoms with Gasteiger partial charge in [0.15, 0.2) is 0 Å². The zero-order valence-corrected chi connectivity index (χ0v) is 17.1. The molecule has 2 aromatic heterocycles. The minimum Gasteiger partial charge on any atom is -0.495 e. The van der Waals surface area contributed by atoms with Gasteiger partial charge in [-0.2, -0.15) is 0 Å². The molecule has 10 heteroatoms. The average molecular weight is 411 g/mol. The average Bonchev–Trinajstić information content (AvgIpc) is 3.11. The lowest BCUT2D eigenvalue weighted by Gasteiger charge is -2.11. The molecule has 3 aromatic rings. The Labute approximate surface area is 162 Å². The van der Waals surface area contributed by atoms with Gasteiger partial charge < -0.3 is 13.7 Å². The maximum Gasteiger partial charge on any atom is 0.264 e. The second kappa shape index (κ2) is 6.90. The first-order chi connectivity index (χ1) is 12.7. The predicted molar refractivity (Wildman–Crippen MR) is 102 cm³/mol. The minimum atomic E-state index is -3.95. The smallest absolute Gasteiger partial charge is 0.264 e. The molecule has 0 unspecified atom stereocenters. The van der Waals surface area contributed by atoms with Crippen molar-refractivity contribution in [3.05, 3.63) is 40.5 Å². The zero-order valence-electron chi connectivity index (χ0n) is 15.5. The Balaban J connectivity index is 2.12. The molecule has 2 heterocycles. The number of hydrogen-bond acceptors (Lipinski definition) is 6. The van der Waals surface area contributed by atoms with Crippen LogP contribution in [0, 0.1) is 20.8 Å². The molecule has 27 heavy (non-hydrogen) atoms. The Hall–Kier alpha value is -2.52. The van der Waals surface area contributed by atoms with E-state index in [1.807, 2.05) is 0 Å². The summed E-state index contributed by atoms with van der Waals surface area (Å²) >= 11 is 6.10. The van der Waals surface area contributed by atoms with Crippen LogP contribution < -0.4 is 9.46 Å². The summed E-state index contributed by atoms with van der Waals surface area (Å²) in [6.45, 7) is 5.16. The van der Waals surface area contributed by atoms with E-state index in [-0.39, 0.29) is 10.8 Å². The fraction of sp³-hybridized carbons (Fsp3) is 0.294. The molecular weight excluding hydrogens is 392 g/mol. The molecule has 0 aliphatic rings. The number of methoxy groups -OCH3 is 1. The van der Waals surface area contributed by atoms with Crippen molar-refractivity contribution in [2.45, 2.75) is 25.7 Å². The van der Waals surface area contributed by atoms with E-state index in [0.717, 1.165) is 0 Å². The Morgan fingerprint density at radius 2 is 1.89 bits per heavy atom. The number of sulfonamides is 1. The van der Waals surface area contributed by atoms with Gasteiger partial charge in [-0.05, 0) is 32.0 Å². The van der Waals surface area contributed by atoms with Crippen molar-refractivity contribution in [2.75, 3.05) is 11.8 Å². The largest absolute Gasteiger partial charge is 0.495 e. The third kappa shape index (κ3) is 3.40. The van der Waals surface area contributed by atoms with Gasteiger partial charge >= 0.3 is 0 Å². The number of nitrogens with zero attached hydrogens (tertiary/aromatic N) is 3. The Morgan fingerprint density at radius 3 is 2.44 bits per heavy atom. The molecule has 0 aliphatic heterocycles. The van der Waals surface area contributed by atoms with E-state index in [4.69, 9.17) is 20.8 Å². The van der Waals surface area contributed by atoms with Crippen LogP contribution in [-0.4, -0.2) is 30.3 Å². The highest BCUT2D eigenvalue weighted by molar-refractivity contribution is 7.93. The minimum absolute atomic E-state index is 0.0816. The molecule has 0 spiro atoms. The second-order valence-corrected chi connectivity index (χ2v) is 8.04. The molecule has 1 aromatic carbocycles. The van der Waals surface area contributed by atoms with E-state index in [9.17, 15) is 8.42 Å². The molecular formula is C17H19ClN4O4S. The van der Waals surface area contributed by atoms with E-state index in [1.165, 1.54) is 13.2 Å². The van der Waals surface area contributed by atoms with Crippen LogP contribution >= 0.6 is 11.6 Å². The monoisotopic (exact) mass is 410 g/mol. The molecule has 0 atom stereocenters. The van der Waals surface area contributed by atoms with E-state index in [0.29, 0.717) is 39.3 Å². The number of hydrogen-bond donors (Lipinski definition) is 1. The molecule has 0 bridgehead atoms. The summed E-state index contributed by atoms with van der Waals surface area (Å²) < 4.78 is 41.2. The number of benzene rings is 1. The molecule has 0 radical (unpaired) electrons. The fourth-order valence-corrected chi connectivity index (χ4v) is 4.66. The number of ether oxygens (including phenoxy) is 1. The summed E-state index contributed by atoms with van der Waals surface area (Å²) in [4.78, 5) is 0.0816. The van der Waals surface area contributed by atoms with Crippen molar-refractivity contribution in [1.82, 2.24) is 14.8 Å². The summed E-state index contributed by atoms with van der Waals surface area (Å²) in [7, 11) is -0.685. The highest BCUT2D eigenvalue weighted by atomic mass is 35.5. The van der Waals surface area contributed by atoms with Crippen LogP contribution in [-0.2, 0) is 17.1 Å². The molecule has 8 nitrogen and oxygen atoms in total. The van der Waals surface area contributed by atoms with Crippen LogP contribution in [0.5, 0.6) is 5.75 Å². The quantitative estimate of drug-likeness (QED) is 0.691. The topological polar surface area (TPSA) is 99.2 Å². The van der Waals surface area contributed by atoms with Crippen LogP contribution in [0.1, 0.15) is 17.3 Å². The summed E-state index contributed by atoms with van der Waals surface area (Å²) in [6, 6.07) is 4.65. The molecule has 3 rings (SSSR count). The second-order valence-electron chi connectivity index (χ2n) is 6.02. The lowest BCUT2D eigenvalue weighted by Crippen LogP contribution is -2.15. The van der Waals surface area contributed by atoms with Crippen molar-refractivity contribution in [3.8, 4) is 17.2 Å². The molecule has 0 saturated carbocycles. The van der Waals surface area contributed by atoms with E-state index in [2.05, 4.69) is 14.9 Å². The van der Waals surface area contributed by atoms with Gasteiger partial charge in [-0.25, -0.2) is 8.42 Å². The number of nitrogens with one attached hydrogen (secondary N) is 1. The van der Waals surface area contributed by atoms with Gasteiger partial charge in [0.2, 0.25) is 5.89 Å². The van der Waals surface area contributed by atoms with Crippen LogP contribution in [0.15, 0.2) is 27.5 Å². The number of halogens is 1. The van der Waals surface area contributed by atoms with Crippen LogP contribution in [0.4, 0.5) is 5.69 Å². The first-order valence-electron chi connectivity index (χ1n) is 7.98. The van der Waals surface area contributed by atoms with Crippen molar-refractivity contribution in [1.29, 1.82) is 0 Å². The highest BCUT2D eigenvalue weighted by Gasteiger charge is 2.30. The standard InChI is InChI=1S/C17H19ClN4O4S/c1-9-15(17-20-19-11(3)26-17)16(10(2)22(9)4)27(23,24)21-12-6-7-14(25-5)13(18)8-12/h6-8,21H,1-5H3. The van der Waals surface area contributed by atoms with Gasteiger partial charge in [-0.3, -0.25) is 4.72 Å². The molecule has 0 saturated heterocycles. The Bertz CT molecular complexity index is 1120. The lowest BCUT2D eigenvalue weighted by molar-refractivity contribution is 0.415. The molecule has 0 fully saturated rings. The summed E-state index contributed by atoms with van der Waals surface area (Å²) in [5, 5.41) is 8.10. The van der Waals surface area contributed by atoms with Gasteiger partial charge in [0, 0.05) is 25.4 Å². The summed E-state index contributed by atoms with van der Waals surface area (Å²) in [5.41, 5.74) is 1.94.